The predicted molar refractivity (Wildman–Crippen MR) is 58.5 cm³/mol. The van der Waals surface area contributed by atoms with Gasteiger partial charge in [-0.1, -0.05) is 0 Å². The summed E-state index contributed by atoms with van der Waals surface area (Å²) in [5.74, 6) is 0.304. The summed E-state index contributed by atoms with van der Waals surface area (Å²) in [6.07, 6.45) is 2.76. The fraction of sp³-hybridized carbons (Fsp3) is 0.250. The van der Waals surface area contributed by atoms with Crippen molar-refractivity contribution in [2.75, 3.05) is 0 Å². The van der Waals surface area contributed by atoms with Crippen molar-refractivity contribution < 1.29 is 4.79 Å². The Hall–Kier alpha value is -0.448. The molecule has 0 saturated heterocycles. The van der Waals surface area contributed by atoms with Gasteiger partial charge in [0.05, 0.1) is 0 Å². The number of aryl methyl sites for hydroxylation is 1. The molecule has 1 nitrogen and oxygen atoms in total. The van der Waals surface area contributed by atoms with Crippen LogP contribution in [0.3, 0.4) is 0 Å². The monoisotopic (exact) mass is 379 g/mol. The number of benzene rings is 1. The average Bonchev–Trinajstić information content (AvgIpc) is 2.17. The minimum absolute atomic E-state index is 0.304. The normalized spacial score (nSPS) is 15.1. The molecule has 0 fully saturated rings. The molecule has 0 amide bonds. The van der Waals surface area contributed by atoms with Crippen molar-refractivity contribution in [2.24, 2.45) is 0 Å². The Kier molecular flexibility index (Phi) is 2.86. The molecule has 0 bridgehead atoms. The predicted octanol–water partition coefficient (Wildman–Crippen LogP) is 2.34. The summed E-state index contributed by atoms with van der Waals surface area (Å²) in [5, 5.41) is 0. The fourth-order valence-electron chi connectivity index (χ4n) is 1.95. The van der Waals surface area contributed by atoms with E-state index in [0.717, 1.165) is 52.9 Å². The van der Waals surface area contributed by atoms with Crippen LogP contribution in [0.2, 0.25) is 0 Å². The maximum atomic E-state index is 11.8. The summed E-state index contributed by atoms with van der Waals surface area (Å²) >= 11 is 0.929. The van der Waals surface area contributed by atoms with Crippen molar-refractivity contribution in [3.05, 3.63) is 41.5 Å². The third-order valence-corrected chi connectivity index (χ3v) is 3.65. The summed E-state index contributed by atoms with van der Waals surface area (Å²) in [7, 11) is 0. The molecule has 0 spiro atoms. The van der Waals surface area contributed by atoms with Crippen molar-refractivity contribution in [3.8, 4) is 0 Å². The molecule has 0 aromatic heterocycles. The number of hydrogen-bond acceptors (Lipinski definition) is 1. The molecular weight excluding hydrogens is 367 g/mol. The van der Waals surface area contributed by atoms with E-state index in [1.54, 1.807) is 0 Å². The number of carbonyl (C=O) groups excluding carboxylic acids is 1. The van der Waals surface area contributed by atoms with E-state index in [-0.39, 0.29) is 0 Å². The molecule has 3 radical (unpaired) electrons. The van der Waals surface area contributed by atoms with E-state index in [1.165, 1.54) is 5.56 Å². The van der Waals surface area contributed by atoms with Crippen molar-refractivity contribution in [3.63, 3.8) is 0 Å². The molecule has 1 aromatic rings. The summed E-state index contributed by atoms with van der Waals surface area (Å²) in [6, 6.07) is 6.13. The van der Waals surface area contributed by atoms with Crippen molar-refractivity contribution in [1.29, 1.82) is 0 Å². The second kappa shape index (κ2) is 3.97. The average molecular weight is 378 g/mol. The summed E-state index contributed by atoms with van der Waals surface area (Å²) in [6.45, 7) is 3.98. The molecular formula is C12H11OPb. The van der Waals surface area contributed by atoms with Crippen LogP contribution >= 0.6 is 0 Å². The van der Waals surface area contributed by atoms with Gasteiger partial charge in [-0.3, -0.25) is 0 Å². The Labute approximate surface area is 99.9 Å². The molecule has 0 atom stereocenters. The zero-order valence-corrected chi connectivity index (χ0v) is 11.9. The van der Waals surface area contributed by atoms with Crippen molar-refractivity contribution >= 4 is 34.7 Å². The second-order valence-corrected chi connectivity index (χ2v) is 5.94. The number of fused-ring (bicyclic) bond motifs is 1. The minimum atomic E-state index is 0.304. The Balaban J connectivity index is 2.63. The van der Waals surface area contributed by atoms with E-state index in [4.69, 9.17) is 0 Å². The van der Waals surface area contributed by atoms with E-state index in [0.29, 0.717) is 12.2 Å². The van der Waals surface area contributed by atoms with E-state index in [1.807, 2.05) is 12.1 Å². The Morgan fingerprint density at radius 1 is 1.36 bits per heavy atom. The first-order valence-electron chi connectivity index (χ1n) is 4.76. The zero-order chi connectivity index (χ0) is 10.1. The molecule has 0 heterocycles. The van der Waals surface area contributed by atoms with Crippen molar-refractivity contribution in [2.45, 2.75) is 19.3 Å². The first-order chi connectivity index (χ1) is 6.70. The van der Waals surface area contributed by atoms with Crippen LogP contribution in [0.25, 0.3) is 3.13 Å². The van der Waals surface area contributed by atoms with Crippen LogP contribution in [-0.2, 0) is 6.42 Å². The summed E-state index contributed by atoms with van der Waals surface area (Å²) < 4.78 is 1.12. The molecule has 14 heavy (non-hydrogen) atoms. The van der Waals surface area contributed by atoms with E-state index in [2.05, 4.69) is 12.6 Å². The molecule has 69 valence electrons. The van der Waals surface area contributed by atoms with Gasteiger partial charge in [0.15, 0.2) is 0 Å². The first kappa shape index (κ1) is 10.1. The quantitative estimate of drug-likeness (QED) is 0.686. The fourth-order valence-corrected chi connectivity index (χ4v) is 2.76. The van der Waals surface area contributed by atoms with Gasteiger partial charge in [-0.25, -0.2) is 0 Å². The van der Waals surface area contributed by atoms with Crippen LogP contribution in [0, 0.1) is 0 Å². The third-order valence-electron chi connectivity index (χ3n) is 2.60. The standard InChI is InChI=1S/C12H11O.Pb/c1-2-9-5-3-6-10-7-4-8-11(13)12(9)10;/h3,5-6H,1,4,7-8H2;. The molecule has 0 saturated carbocycles. The molecule has 0 aliphatic heterocycles. The van der Waals surface area contributed by atoms with Crippen LogP contribution in [0.1, 0.15) is 34.3 Å². The molecule has 1 aliphatic rings. The van der Waals surface area contributed by atoms with E-state index < -0.39 is 0 Å². The van der Waals surface area contributed by atoms with Crippen molar-refractivity contribution in [1.82, 2.24) is 0 Å². The number of ketones is 1. The van der Waals surface area contributed by atoms with Gasteiger partial charge in [-0.05, 0) is 0 Å². The Morgan fingerprint density at radius 2 is 2.14 bits per heavy atom. The van der Waals surface area contributed by atoms with Crippen LogP contribution in [-0.4, -0.2) is 31.6 Å². The molecule has 0 N–H and O–H groups in total. The van der Waals surface area contributed by atoms with E-state index >= 15 is 0 Å². The van der Waals surface area contributed by atoms with Gasteiger partial charge in [0, 0.05) is 0 Å². The summed E-state index contributed by atoms with van der Waals surface area (Å²) in [4.78, 5) is 11.8. The zero-order valence-electron chi connectivity index (χ0n) is 7.97. The molecule has 0 unspecified atom stereocenters. The van der Waals surface area contributed by atoms with Gasteiger partial charge in [0.1, 0.15) is 0 Å². The second-order valence-electron chi connectivity index (χ2n) is 3.59. The number of hydrogen-bond donors (Lipinski definition) is 0. The third kappa shape index (κ3) is 1.69. The summed E-state index contributed by atoms with van der Waals surface area (Å²) in [5.41, 5.74) is 3.27. The van der Waals surface area contributed by atoms with Crippen LogP contribution in [0.4, 0.5) is 0 Å². The van der Waals surface area contributed by atoms with Gasteiger partial charge in [0.25, 0.3) is 0 Å². The number of Topliss-reactive ketones (excluding diaryl/α,β-unsaturated/α-hetero) is 1. The van der Waals surface area contributed by atoms with Crippen LogP contribution in [0.15, 0.2) is 24.8 Å². The number of carbonyl (C=O) groups is 1. The van der Waals surface area contributed by atoms with E-state index in [9.17, 15) is 4.79 Å². The molecule has 1 aromatic carbocycles. The number of rotatable bonds is 1. The van der Waals surface area contributed by atoms with Gasteiger partial charge in [0.2, 0.25) is 0 Å². The first-order valence-corrected chi connectivity index (χ1v) is 6.70. The maximum absolute atomic E-state index is 11.8. The van der Waals surface area contributed by atoms with Crippen LogP contribution in [0.5, 0.6) is 0 Å². The van der Waals surface area contributed by atoms with Gasteiger partial charge in [-0.2, -0.15) is 0 Å². The Morgan fingerprint density at radius 3 is 2.86 bits per heavy atom. The van der Waals surface area contributed by atoms with Gasteiger partial charge in [-0.15, -0.1) is 0 Å². The molecule has 2 rings (SSSR count). The van der Waals surface area contributed by atoms with Gasteiger partial charge >= 0.3 is 100 Å². The van der Waals surface area contributed by atoms with Gasteiger partial charge < -0.3 is 0 Å². The topological polar surface area (TPSA) is 17.1 Å². The SMILES string of the molecule is C=[C]([Pb])c1cccc2c1C(=O)CCC2. The van der Waals surface area contributed by atoms with Crippen LogP contribution < -0.4 is 0 Å². The molecule has 1 aliphatic carbocycles. The Bertz CT molecular complexity index is 407. The molecule has 2 heteroatoms.